The number of carbonyl (C=O) groups excluding carboxylic acids is 1. The van der Waals surface area contributed by atoms with E-state index in [-0.39, 0.29) is 12.4 Å². The average molecular weight is 220 g/mol. The monoisotopic (exact) mass is 220 g/mol. The maximum Gasteiger partial charge on any atom is 0.282 e. The van der Waals surface area contributed by atoms with Gasteiger partial charge in [0, 0.05) is 41.3 Å². The van der Waals surface area contributed by atoms with Gasteiger partial charge in [0.25, 0.3) is 5.97 Å². The van der Waals surface area contributed by atoms with Crippen molar-refractivity contribution in [3.8, 4) is 0 Å². The minimum atomic E-state index is -1.03. The molecule has 0 spiro atoms. The molecule has 0 aliphatic heterocycles. The van der Waals surface area contributed by atoms with E-state index in [1.54, 1.807) is 0 Å². The van der Waals surface area contributed by atoms with Gasteiger partial charge in [0.2, 0.25) is 0 Å². The second-order valence-corrected chi connectivity index (χ2v) is 3.12. The third kappa shape index (κ3) is 5.22. The fraction of sp³-hybridized carbons (Fsp3) is 0.900. The van der Waals surface area contributed by atoms with Gasteiger partial charge < -0.3 is 18.9 Å². The van der Waals surface area contributed by atoms with Crippen molar-refractivity contribution >= 4 is 5.78 Å². The lowest BCUT2D eigenvalue weighted by Crippen LogP contribution is -2.36. The first kappa shape index (κ1) is 14.5. The van der Waals surface area contributed by atoms with Crippen LogP contribution < -0.4 is 0 Å². The number of ketones is 1. The van der Waals surface area contributed by atoms with Crippen LogP contribution in [0.5, 0.6) is 0 Å². The van der Waals surface area contributed by atoms with Gasteiger partial charge in [-0.2, -0.15) is 0 Å². The van der Waals surface area contributed by atoms with Gasteiger partial charge in [-0.15, -0.1) is 0 Å². The van der Waals surface area contributed by atoms with Gasteiger partial charge >= 0.3 is 0 Å². The summed E-state index contributed by atoms with van der Waals surface area (Å²) in [6, 6.07) is 0. The van der Waals surface area contributed by atoms with Crippen LogP contribution >= 0.6 is 0 Å². The van der Waals surface area contributed by atoms with Gasteiger partial charge in [-0.05, 0) is 6.42 Å². The predicted octanol–water partition coefficient (Wildman–Crippen LogP) is 0.965. The molecule has 0 heterocycles. The lowest BCUT2D eigenvalue weighted by Gasteiger charge is -2.28. The zero-order valence-electron chi connectivity index (χ0n) is 9.87. The van der Waals surface area contributed by atoms with Gasteiger partial charge in [0.05, 0.1) is 0 Å². The summed E-state index contributed by atoms with van der Waals surface area (Å²) in [6.07, 6.45) is 1.58. The molecule has 0 saturated carbocycles. The number of carbonyl (C=O) groups is 1. The van der Waals surface area contributed by atoms with E-state index in [4.69, 9.17) is 18.9 Å². The molecule has 5 nitrogen and oxygen atoms in total. The van der Waals surface area contributed by atoms with Crippen molar-refractivity contribution in [3.05, 3.63) is 0 Å². The second-order valence-electron chi connectivity index (χ2n) is 3.12. The van der Waals surface area contributed by atoms with Crippen molar-refractivity contribution in [1.29, 1.82) is 0 Å². The zero-order chi connectivity index (χ0) is 11.7. The molecule has 0 unspecified atom stereocenters. The van der Waals surface area contributed by atoms with E-state index in [9.17, 15) is 4.79 Å². The normalized spacial score (nSPS) is 11.7. The van der Waals surface area contributed by atoms with Crippen molar-refractivity contribution < 1.29 is 23.7 Å². The van der Waals surface area contributed by atoms with E-state index in [0.717, 1.165) is 0 Å². The SMILES string of the molecule is COCC(=O)CCCC(OC)(OC)OC. The van der Waals surface area contributed by atoms with Crippen LogP contribution in [0.25, 0.3) is 0 Å². The first-order chi connectivity index (χ1) is 7.14. The molecule has 90 valence electrons. The lowest BCUT2D eigenvalue weighted by atomic mass is 10.1. The second kappa shape index (κ2) is 7.76. The summed E-state index contributed by atoms with van der Waals surface area (Å²) in [5.74, 6) is -0.970. The van der Waals surface area contributed by atoms with Crippen LogP contribution in [0.4, 0.5) is 0 Å². The van der Waals surface area contributed by atoms with Crippen molar-refractivity contribution in [3.63, 3.8) is 0 Å². The summed E-state index contributed by atoms with van der Waals surface area (Å²) < 4.78 is 20.0. The Morgan fingerprint density at radius 1 is 1.07 bits per heavy atom. The maximum absolute atomic E-state index is 11.1. The molecule has 0 atom stereocenters. The third-order valence-electron chi connectivity index (χ3n) is 2.18. The number of hydrogen-bond acceptors (Lipinski definition) is 5. The molecule has 0 aromatic heterocycles. The van der Waals surface area contributed by atoms with E-state index in [1.807, 2.05) is 0 Å². The lowest BCUT2D eigenvalue weighted by molar-refractivity contribution is -0.355. The average Bonchev–Trinajstić information content (AvgIpc) is 2.25. The van der Waals surface area contributed by atoms with Crippen molar-refractivity contribution in [2.24, 2.45) is 0 Å². The fourth-order valence-electron chi connectivity index (χ4n) is 1.29. The van der Waals surface area contributed by atoms with Crippen molar-refractivity contribution in [2.75, 3.05) is 35.0 Å². The summed E-state index contributed by atoms with van der Waals surface area (Å²) in [4.78, 5) is 11.1. The van der Waals surface area contributed by atoms with Crippen LogP contribution in [-0.4, -0.2) is 46.8 Å². The van der Waals surface area contributed by atoms with Gasteiger partial charge in [-0.3, -0.25) is 4.79 Å². The molecule has 0 amide bonds. The molecule has 0 radical (unpaired) electrons. The van der Waals surface area contributed by atoms with E-state index >= 15 is 0 Å². The maximum atomic E-state index is 11.1. The Bertz CT molecular complexity index is 168. The predicted molar refractivity (Wildman–Crippen MR) is 54.5 cm³/mol. The summed E-state index contributed by atoms with van der Waals surface area (Å²) in [5, 5.41) is 0. The van der Waals surface area contributed by atoms with Gasteiger partial charge in [0.1, 0.15) is 6.61 Å². The molecule has 0 aliphatic rings. The minimum absolute atomic E-state index is 0.0645. The Morgan fingerprint density at radius 2 is 1.60 bits per heavy atom. The summed E-state index contributed by atoms with van der Waals surface area (Å²) in [5.41, 5.74) is 0. The van der Waals surface area contributed by atoms with E-state index in [1.165, 1.54) is 28.4 Å². The summed E-state index contributed by atoms with van der Waals surface area (Å²) >= 11 is 0. The van der Waals surface area contributed by atoms with Crippen molar-refractivity contribution in [2.45, 2.75) is 25.2 Å². The summed E-state index contributed by atoms with van der Waals surface area (Å²) in [7, 11) is 6.01. The molecule has 0 rings (SSSR count). The Kier molecular flexibility index (Phi) is 7.50. The number of methoxy groups -OCH3 is 4. The standard InChI is InChI=1S/C10H20O5/c1-12-8-9(11)6-5-7-10(13-2,14-3)15-4/h5-8H2,1-4H3. The Balaban J connectivity index is 3.85. The molecule has 0 bridgehead atoms. The molecule has 5 heteroatoms. The van der Waals surface area contributed by atoms with E-state index in [0.29, 0.717) is 19.3 Å². The highest BCUT2D eigenvalue weighted by Crippen LogP contribution is 2.20. The quantitative estimate of drug-likeness (QED) is 0.542. The van der Waals surface area contributed by atoms with Crippen LogP contribution in [-0.2, 0) is 23.7 Å². The molecule has 0 aliphatic carbocycles. The zero-order valence-corrected chi connectivity index (χ0v) is 9.87. The minimum Gasteiger partial charge on any atom is -0.377 e. The van der Waals surface area contributed by atoms with Gasteiger partial charge in [-0.1, -0.05) is 0 Å². The van der Waals surface area contributed by atoms with Crippen LogP contribution in [0.3, 0.4) is 0 Å². The number of hydrogen-bond donors (Lipinski definition) is 0. The number of rotatable bonds is 9. The van der Waals surface area contributed by atoms with Gasteiger partial charge in [0.15, 0.2) is 5.78 Å². The molecular formula is C10H20O5. The molecule has 0 aromatic carbocycles. The Morgan fingerprint density at radius 3 is 2.00 bits per heavy atom. The molecular weight excluding hydrogens is 200 g/mol. The largest absolute Gasteiger partial charge is 0.377 e. The van der Waals surface area contributed by atoms with Crippen LogP contribution in [0.1, 0.15) is 19.3 Å². The molecule has 0 fully saturated rings. The third-order valence-corrected chi connectivity index (χ3v) is 2.18. The fourth-order valence-corrected chi connectivity index (χ4v) is 1.29. The highest BCUT2D eigenvalue weighted by Gasteiger charge is 2.28. The van der Waals surface area contributed by atoms with Gasteiger partial charge in [-0.25, -0.2) is 0 Å². The Labute approximate surface area is 90.6 Å². The first-order valence-corrected chi connectivity index (χ1v) is 4.80. The molecule has 0 saturated heterocycles. The first-order valence-electron chi connectivity index (χ1n) is 4.80. The molecule has 0 N–H and O–H groups in total. The highest BCUT2D eigenvalue weighted by atomic mass is 16.9. The van der Waals surface area contributed by atoms with Crippen LogP contribution in [0, 0.1) is 0 Å². The van der Waals surface area contributed by atoms with Crippen molar-refractivity contribution in [1.82, 2.24) is 0 Å². The molecule has 0 aromatic rings. The van der Waals surface area contributed by atoms with Crippen LogP contribution in [0.15, 0.2) is 0 Å². The summed E-state index contributed by atoms with van der Waals surface area (Å²) in [6.45, 7) is 0.153. The number of Topliss-reactive ketones (excluding diaryl/α,β-unsaturated/α-hetero) is 1. The van der Waals surface area contributed by atoms with E-state index in [2.05, 4.69) is 0 Å². The molecule has 15 heavy (non-hydrogen) atoms. The van der Waals surface area contributed by atoms with E-state index < -0.39 is 5.97 Å². The highest BCUT2D eigenvalue weighted by molar-refractivity contribution is 5.79. The topological polar surface area (TPSA) is 54.0 Å². The Hall–Kier alpha value is -0.490. The smallest absolute Gasteiger partial charge is 0.282 e. The van der Waals surface area contributed by atoms with Crippen LogP contribution in [0.2, 0.25) is 0 Å². The number of ether oxygens (including phenoxy) is 4.